The van der Waals surface area contributed by atoms with Gasteiger partial charge < -0.3 is 15.1 Å². The Morgan fingerprint density at radius 3 is 2.46 bits per heavy atom. The van der Waals surface area contributed by atoms with Crippen LogP contribution in [0.1, 0.15) is 57.2 Å². The number of piperidine rings is 1. The minimum absolute atomic E-state index is 0.0599. The summed E-state index contributed by atoms with van der Waals surface area (Å²) in [6.45, 7) is 6.55. The molecule has 2 atom stereocenters. The van der Waals surface area contributed by atoms with Gasteiger partial charge in [0.25, 0.3) is 0 Å². The number of amides is 1. The first-order valence-corrected chi connectivity index (χ1v) is 14.0. The molecule has 35 heavy (non-hydrogen) atoms. The lowest BCUT2D eigenvalue weighted by molar-refractivity contribution is -0.120. The van der Waals surface area contributed by atoms with Crippen molar-refractivity contribution < 1.29 is 4.79 Å². The van der Waals surface area contributed by atoms with Crippen LogP contribution >= 0.6 is 11.3 Å². The van der Waals surface area contributed by atoms with Crippen LogP contribution in [0, 0.1) is 0 Å². The van der Waals surface area contributed by atoms with E-state index in [0.29, 0.717) is 18.5 Å². The summed E-state index contributed by atoms with van der Waals surface area (Å²) in [7, 11) is 0. The zero-order valence-corrected chi connectivity index (χ0v) is 21.6. The molecule has 1 N–H and O–H groups in total. The van der Waals surface area contributed by atoms with Crippen molar-refractivity contribution in [2.75, 3.05) is 18.0 Å². The lowest BCUT2D eigenvalue weighted by Gasteiger charge is -2.43. The number of hydrogen-bond acceptors (Lipinski definition) is 6. The minimum atomic E-state index is 0.0599. The number of carbonyl (C=O) groups is 1. The fourth-order valence-corrected chi connectivity index (χ4v) is 7.77. The first kappa shape index (κ1) is 22.9. The van der Waals surface area contributed by atoms with Gasteiger partial charge >= 0.3 is 0 Å². The molecule has 1 aromatic carbocycles. The molecule has 1 amide bonds. The normalized spacial score (nSPS) is 24.5. The molecular formula is C28H35N5OS. The molecule has 3 saturated heterocycles. The maximum absolute atomic E-state index is 12.8. The fourth-order valence-electron chi connectivity index (χ4n) is 6.61. The van der Waals surface area contributed by atoms with Crippen LogP contribution in [0.2, 0.25) is 0 Å². The van der Waals surface area contributed by atoms with Crippen LogP contribution in [0.3, 0.4) is 0 Å². The molecule has 0 spiro atoms. The first-order chi connectivity index (χ1) is 17.1. The van der Waals surface area contributed by atoms with E-state index in [2.05, 4.69) is 39.4 Å². The van der Waals surface area contributed by atoms with Gasteiger partial charge in [0.05, 0.1) is 11.8 Å². The number of likely N-dealkylation sites (tertiary alicyclic amines) is 1. The number of nitrogens with zero attached hydrogens (tertiary/aromatic N) is 4. The number of hydrogen-bond donors (Lipinski definition) is 1. The van der Waals surface area contributed by atoms with Gasteiger partial charge in [-0.25, -0.2) is 9.97 Å². The molecule has 0 aliphatic carbocycles. The van der Waals surface area contributed by atoms with E-state index < -0.39 is 0 Å². The number of nitrogens with one attached hydrogen (secondary N) is 1. The predicted octanol–water partition coefficient (Wildman–Crippen LogP) is 5.02. The van der Waals surface area contributed by atoms with Gasteiger partial charge in [0.1, 0.15) is 17.0 Å². The van der Waals surface area contributed by atoms with E-state index in [0.717, 1.165) is 38.1 Å². The molecule has 6 nitrogen and oxygen atoms in total. The topological polar surface area (TPSA) is 61.4 Å². The van der Waals surface area contributed by atoms with Crippen LogP contribution in [0.4, 0.5) is 5.82 Å². The van der Waals surface area contributed by atoms with Gasteiger partial charge in [-0.15, -0.1) is 11.3 Å². The Bertz CT molecular complexity index is 1190. The summed E-state index contributed by atoms with van der Waals surface area (Å²) in [5.74, 6) is 1.14. The molecule has 2 unspecified atom stereocenters. The van der Waals surface area contributed by atoms with Crippen LogP contribution in [0.5, 0.6) is 0 Å². The Morgan fingerprint density at radius 1 is 1.06 bits per heavy atom. The van der Waals surface area contributed by atoms with E-state index in [1.807, 2.05) is 19.9 Å². The summed E-state index contributed by atoms with van der Waals surface area (Å²) in [6.07, 6.45) is 9.76. The molecule has 2 aromatic heterocycles. The Hall–Kier alpha value is -2.51. The zero-order chi connectivity index (χ0) is 23.9. The van der Waals surface area contributed by atoms with E-state index in [1.165, 1.54) is 51.6 Å². The van der Waals surface area contributed by atoms with Gasteiger partial charge in [0.15, 0.2) is 0 Å². The van der Waals surface area contributed by atoms with Crippen molar-refractivity contribution in [1.82, 2.24) is 20.2 Å². The van der Waals surface area contributed by atoms with E-state index in [1.54, 1.807) is 17.7 Å². The number of thiophene rings is 1. The highest BCUT2D eigenvalue weighted by Crippen LogP contribution is 2.47. The number of rotatable bonds is 6. The molecule has 2 bridgehead atoms. The van der Waals surface area contributed by atoms with E-state index in [9.17, 15) is 4.79 Å². The summed E-state index contributed by atoms with van der Waals surface area (Å²) < 4.78 is 0. The van der Waals surface area contributed by atoms with Gasteiger partial charge in [-0.2, -0.15) is 0 Å². The number of anilines is 1. The molecule has 3 aliphatic heterocycles. The molecular weight excluding hydrogens is 454 g/mol. The van der Waals surface area contributed by atoms with Crippen LogP contribution in [0.15, 0.2) is 36.7 Å². The largest absolute Gasteiger partial charge is 0.354 e. The highest BCUT2D eigenvalue weighted by Gasteiger charge is 2.44. The van der Waals surface area contributed by atoms with Crippen molar-refractivity contribution in [2.45, 2.75) is 83.0 Å². The second-order valence-corrected chi connectivity index (χ2v) is 11.8. The standard InChI is InChI=1S/C28H35N5OS/c1-18(2)31-24(34)16-23-25(19-8-4-3-5-9-19)26-27(29-17-30-28(26)35-23)33-20-10-11-21(33)15-22(14-20)32-12-6-7-13-32/h3-5,8-9,17-18,20-22H,6-7,10-16H2,1-2H3,(H,31,34). The number of benzene rings is 1. The molecule has 7 heteroatoms. The third kappa shape index (κ3) is 4.33. The minimum Gasteiger partial charge on any atom is -0.354 e. The van der Waals surface area contributed by atoms with Crippen molar-refractivity contribution in [3.63, 3.8) is 0 Å². The quantitative estimate of drug-likeness (QED) is 0.527. The maximum Gasteiger partial charge on any atom is 0.225 e. The summed E-state index contributed by atoms with van der Waals surface area (Å²) >= 11 is 1.65. The van der Waals surface area contributed by atoms with Crippen LogP contribution in [0.25, 0.3) is 21.3 Å². The smallest absolute Gasteiger partial charge is 0.225 e. The van der Waals surface area contributed by atoms with Gasteiger partial charge in [0, 0.05) is 34.6 Å². The number of fused-ring (bicyclic) bond motifs is 3. The molecule has 0 radical (unpaired) electrons. The monoisotopic (exact) mass is 489 g/mol. The van der Waals surface area contributed by atoms with E-state index in [4.69, 9.17) is 9.97 Å². The highest BCUT2D eigenvalue weighted by molar-refractivity contribution is 7.19. The summed E-state index contributed by atoms with van der Waals surface area (Å²) in [5, 5.41) is 4.20. The predicted molar refractivity (Wildman–Crippen MR) is 143 cm³/mol. The van der Waals surface area contributed by atoms with Gasteiger partial charge in [-0.3, -0.25) is 4.79 Å². The summed E-state index contributed by atoms with van der Waals surface area (Å²) in [4.78, 5) is 29.9. The van der Waals surface area contributed by atoms with Crippen molar-refractivity contribution in [2.24, 2.45) is 0 Å². The molecule has 184 valence electrons. The second-order valence-electron chi connectivity index (χ2n) is 10.7. The Morgan fingerprint density at radius 2 is 1.77 bits per heavy atom. The molecule has 3 aromatic rings. The Kier molecular flexibility index (Phi) is 6.23. The van der Waals surface area contributed by atoms with Crippen molar-refractivity contribution >= 4 is 33.3 Å². The van der Waals surface area contributed by atoms with Crippen LogP contribution in [-0.2, 0) is 11.2 Å². The second kappa shape index (κ2) is 9.51. The van der Waals surface area contributed by atoms with Gasteiger partial charge in [0.2, 0.25) is 5.91 Å². The average Bonchev–Trinajstić information content (AvgIpc) is 3.55. The van der Waals surface area contributed by atoms with Crippen LogP contribution < -0.4 is 10.2 Å². The number of aromatic nitrogens is 2. The third-order valence-electron chi connectivity index (χ3n) is 7.98. The average molecular weight is 490 g/mol. The van der Waals surface area contributed by atoms with Crippen molar-refractivity contribution in [1.29, 1.82) is 0 Å². The van der Waals surface area contributed by atoms with Gasteiger partial charge in [-0.1, -0.05) is 30.3 Å². The van der Waals surface area contributed by atoms with Crippen molar-refractivity contribution in [3.8, 4) is 11.1 Å². The SMILES string of the molecule is CC(C)NC(=O)Cc1sc2ncnc(N3C4CCC3CC(N3CCCC3)C4)c2c1-c1ccccc1. The lowest BCUT2D eigenvalue weighted by atomic mass is 9.95. The Balaban J connectivity index is 1.41. The third-order valence-corrected chi connectivity index (χ3v) is 9.08. The molecule has 5 heterocycles. The van der Waals surface area contributed by atoms with Crippen LogP contribution in [-0.4, -0.2) is 58.0 Å². The molecule has 3 aliphatic rings. The molecule has 0 saturated carbocycles. The molecule has 6 rings (SSSR count). The van der Waals surface area contributed by atoms with E-state index in [-0.39, 0.29) is 11.9 Å². The lowest BCUT2D eigenvalue weighted by Crippen LogP contribution is -2.50. The Labute approximate surface area is 211 Å². The first-order valence-electron chi connectivity index (χ1n) is 13.2. The number of carbonyl (C=O) groups excluding carboxylic acids is 1. The molecule has 3 fully saturated rings. The maximum atomic E-state index is 12.8. The fraction of sp³-hybridized carbons (Fsp3) is 0.536. The summed E-state index contributed by atoms with van der Waals surface area (Å²) in [6, 6.07) is 12.4. The zero-order valence-electron chi connectivity index (χ0n) is 20.7. The van der Waals surface area contributed by atoms with Crippen molar-refractivity contribution in [3.05, 3.63) is 41.5 Å². The van der Waals surface area contributed by atoms with Gasteiger partial charge in [-0.05, 0) is 71.0 Å². The van der Waals surface area contributed by atoms with E-state index >= 15 is 0 Å². The summed E-state index contributed by atoms with van der Waals surface area (Å²) in [5.41, 5.74) is 2.28. The highest BCUT2D eigenvalue weighted by atomic mass is 32.1.